The molecule has 3 aromatic heterocycles. The van der Waals surface area contributed by atoms with E-state index in [1.807, 2.05) is 24.7 Å². The molecule has 0 amide bonds. The zero-order valence-corrected chi connectivity index (χ0v) is 87.5. The quantitative estimate of drug-likeness (QED) is 0.144. The third kappa shape index (κ3) is 22.8. The second-order valence-corrected chi connectivity index (χ2v) is 47.7. The zero-order chi connectivity index (χ0) is 95.0. The van der Waals surface area contributed by atoms with Gasteiger partial charge in [-0.05, 0) is 394 Å². The smallest absolute Gasteiger partial charge is 0.213 e. The monoisotopic (exact) mass is 1750 g/mol. The first kappa shape index (κ1) is 101. The molecule has 0 N–H and O–H groups in total. The maximum Gasteiger partial charge on any atom is 0.213 e. The molecular formula is C124H168FN3O2. The number of aryl methyl sites for hydroxylation is 9. The van der Waals surface area contributed by atoms with Crippen molar-refractivity contribution in [3.63, 3.8) is 0 Å². The number of aromatic nitrogens is 3. The third-order valence-electron chi connectivity index (χ3n) is 28.8. The number of hydrogen-bond donors (Lipinski definition) is 0. The Labute approximate surface area is 789 Å². The Morgan fingerprint density at radius 2 is 0.785 bits per heavy atom. The minimum absolute atomic E-state index is 0.0825. The summed E-state index contributed by atoms with van der Waals surface area (Å²) in [6, 6.07) is 38.5. The fraction of sp³-hybridized carbons (Fsp3) is 0.540. The molecule has 0 saturated carbocycles. The van der Waals surface area contributed by atoms with Crippen molar-refractivity contribution in [2.45, 2.75) is 424 Å². The van der Waals surface area contributed by atoms with Crippen LogP contribution in [0.25, 0.3) is 33.4 Å². The molecule has 698 valence electrons. The van der Waals surface area contributed by atoms with E-state index in [2.05, 4.69) is 334 Å². The summed E-state index contributed by atoms with van der Waals surface area (Å²) in [7, 11) is 1.66. The van der Waals surface area contributed by atoms with Gasteiger partial charge in [0.1, 0.15) is 11.9 Å². The van der Waals surface area contributed by atoms with Crippen molar-refractivity contribution in [2.24, 2.45) is 0 Å². The molecule has 0 spiro atoms. The van der Waals surface area contributed by atoms with Gasteiger partial charge in [-0.3, -0.25) is 9.97 Å². The maximum atomic E-state index is 13.7. The second-order valence-electron chi connectivity index (χ2n) is 47.7. The Morgan fingerprint density at radius 1 is 0.362 bits per heavy atom. The molecule has 0 saturated heterocycles. The minimum Gasteiger partial charge on any atom is -0.493 e. The molecule has 7 aliphatic carbocycles. The number of ether oxygens (including phenoxy) is 2. The Balaban J connectivity index is 0.000000138. The van der Waals surface area contributed by atoms with Crippen molar-refractivity contribution < 1.29 is 13.9 Å². The molecule has 8 aliphatic rings. The lowest BCUT2D eigenvalue weighted by Crippen LogP contribution is -2.23. The van der Waals surface area contributed by atoms with Crippen LogP contribution in [0, 0.1) is 13.8 Å². The SMILES string of the molecule is CC(C)(C)c1c2c(cc3c1CC(F)C3)CCC2.CC(C)(C)c1c2c(cc3c1CC3)CCC2.CC1CCc2cc3c(c(C(C)(C)C)c21)CCC3.CCc1cc(-c2ccc(C(C)(C)C)c3c2CCC3)ccn1.CCc1cc(-c2ccc3c(c2C(C)(C)C)CCO3)ccn1.COc1cc(-c2cc(C)cc(C(C)C)c2C(C)(C)C)ccn1.Cc1cc(C(C)C)c(C(C)(C)C)c(C(C)C)c1. The van der Waals surface area contributed by atoms with E-state index in [9.17, 15) is 4.39 Å². The summed E-state index contributed by atoms with van der Waals surface area (Å²) < 4.78 is 24.7. The Hall–Kier alpha value is -8.48. The molecule has 6 heteroatoms. The first-order chi connectivity index (χ1) is 60.9. The van der Waals surface area contributed by atoms with Gasteiger partial charge in [-0.25, -0.2) is 9.37 Å². The van der Waals surface area contributed by atoms with Gasteiger partial charge in [0.05, 0.1) is 13.7 Å². The van der Waals surface area contributed by atoms with E-state index < -0.39 is 6.17 Å². The van der Waals surface area contributed by atoms with Crippen LogP contribution in [0.3, 0.4) is 0 Å². The molecule has 2 atom stereocenters. The molecule has 130 heavy (non-hydrogen) atoms. The zero-order valence-electron chi connectivity index (χ0n) is 87.5. The summed E-state index contributed by atoms with van der Waals surface area (Å²) in [6.45, 7) is 74.4. The minimum atomic E-state index is -0.645. The van der Waals surface area contributed by atoms with Crippen LogP contribution in [0.2, 0.25) is 0 Å². The van der Waals surface area contributed by atoms with E-state index in [4.69, 9.17) is 9.47 Å². The number of benzene rings is 7. The van der Waals surface area contributed by atoms with Crippen molar-refractivity contribution in [1.82, 2.24) is 15.0 Å². The highest BCUT2D eigenvalue weighted by molar-refractivity contribution is 5.75. The van der Waals surface area contributed by atoms with E-state index >= 15 is 0 Å². The molecule has 2 unspecified atom stereocenters. The lowest BCUT2D eigenvalue weighted by Gasteiger charge is -2.33. The van der Waals surface area contributed by atoms with Gasteiger partial charge in [0, 0.05) is 60.9 Å². The van der Waals surface area contributed by atoms with Crippen LogP contribution in [-0.4, -0.2) is 34.8 Å². The Bertz CT molecular complexity index is 5660. The van der Waals surface area contributed by atoms with Crippen LogP contribution in [0.15, 0.2) is 122 Å². The topological polar surface area (TPSA) is 57.1 Å². The van der Waals surface area contributed by atoms with Crippen molar-refractivity contribution >= 4 is 0 Å². The summed E-state index contributed by atoms with van der Waals surface area (Å²) >= 11 is 0. The lowest BCUT2D eigenvalue weighted by molar-refractivity contribution is 0.348. The van der Waals surface area contributed by atoms with Crippen LogP contribution in [-0.2, 0) is 141 Å². The molecule has 1 aliphatic heterocycles. The van der Waals surface area contributed by atoms with Crippen molar-refractivity contribution in [3.8, 4) is 45.0 Å². The van der Waals surface area contributed by atoms with Gasteiger partial charge >= 0.3 is 0 Å². The number of methoxy groups -OCH3 is 1. The molecule has 18 rings (SSSR count). The number of hydrogen-bond acceptors (Lipinski definition) is 5. The molecule has 7 aromatic carbocycles. The molecule has 4 heterocycles. The van der Waals surface area contributed by atoms with Gasteiger partial charge < -0.3 is 9.47 Å². The van der Waals surface area contributed by atoms with Gasteiger partial charge in [-0.1, -0.05) is 280 Å². The normalized spacial score (nSPS) is 16.3. The average molecular weight is 1750 g/mol. The first-order valence-electron chi connectivity index (χ1n) is 50.7. The van der Waals surface area contributed by atoms with Crippen molar-refractivity contribution in [2.75, 3.05) is 13.7 Å². The van der Waals surface area contributed by atoms with Crippen LogP contribution >= 0.6 is 0 Å². The molecule has 0 bridgehead atoms. The van der Waals surface area contributed by atoms with Crippen molar-refractivity contribution in [3.05, 3.63) is 283 Å². The Morgan fingerprint density at radius 3 is 1.27 bits per heavy atom. The number of halogens is 1. The van der Waals surface area contributed by atoms with Gasteiger partial charge in [-0.15, -0.1) is 0 Å². The highest BCUT2D eigenvalue weighted by Crippen LogP contribution is 2.50. The van der Waals surface area contributed by atoms with Gasteiger partial charge in [-0.2, -0.15) is 0 Å². The van der Waals surface area contributed by atoms with E-state index in [1.54, 1.807) is 85.0 Å². The number of pyridine rings is 3. The van der Waals surface area contributed by atoms with Crippen molar-refractivity contribution in [1.29, 1.82) is 0 Å². The summed E-state index contributed by atoms with van der Waals surface area (Å²) in [5.41, 5.74) is 53.4. The number of rotatable bonds is 9. The van der Waals surface area contributed by atoms with E-state index in [0.29, 0.717) is 47.3 Å². The fourth-order valence-corrected chi connectivity index (χ4v) is 23.4. The van der Waals surface area contributed by atoms with E-state index in [1.165, 1.54) is 214 Å². The predicted molar refractivity (Wildman–Crippen MR) is 556 cm³/mol. The number of nitrogens with zero attached hydrogens (tertiary/aromatic N) is 3. The maximum absolute atomic E-state index is 13.7. The highest BCUT2D eigenvalue weighted by Gasteiger charge is 2.38. The molecule has 0 radical (unpaired) electrons. The molecule has 5 nitrogen and oxygen atoms in total. The van der Waals surface area contributed by atoms with E-state index in [-0.39, 0.29) is 27.1 Å². The summed E-state index contributed by atoms with van der Waals surface area (Å²) in [5, 5.41) is 0. The van der Waals surface area contributed by atoms with Gasteiger partial charge in [0.15, 0.2) is 0 Å². The Kier molecular flexibility index (Phi) is 31.2. The molecule has 0 fully saturated rings. The third-order valence-corrected chi connectivity index (χ3v) is 28.8. The van der Waals surface area contributed by atoms with Crippen LogP contribution < -0.4 is 9.47 Å². The summed E-state index contributed by atoms with van der Waals surface area (Å²) in [5.74, 6) is 4.20. The number of alkyl halides is 1. The first-order valence-corrected chi connectivity index (χ1v) is 50.7. The predicted octanol–water partition coefficient (Wildman–Crippen LogP) is 32.7. The summed E-state index contributed by atoms with van der Waals surface area (Å²) in [4.78, 5) is 13.1. The van der Waals surface area contributed by atoms with Gasteiger partial charge in [0.2, 0.25) is 5.88 Å². The van der Waals surface area contributed by atoms with E-state index in [0.717, 1.165) is 43.2 Å². The standard InChI is InChI=1S/C20H27NO.C20H25N.C19H23NO.C17H24.C17H28.C16H21F.C15H20/c1-13(2)16-10-14(3)11-17(19(16)20(4,5)6)15-8-9-21-18(12-15)22-7;1-5-15-13-14(11-12-21-15)16-9-10-19(20(2,3)4)18-8-6-7-17(16)18;1-5-14-12-13(8-10-20-14)15-6-7-17-16(9-11-21-17)18(15)19(2,3)4;1-11-8-9-13-10-12-6-5-7-14(12)16(15(11)13)17(2,3)4;1-11(2)14-9-13(5)10-15(12(3)4)16(14)17(6,7)8;1-16(2,3)15-13-6-4-5-10(13)7-11-8-12(17)9-14(11)15;1-15(2,3)14-12-6-4-5-10(12)9-11-7-8-13(11)14/h8-13H,1-7H3;9-13H,5-8H2,1-4H3;6-8,10,12H,5,9,11H2,1-4H3;10-11H,5-9H2,1-4H3;9-12H,1-8H3;7,12H,4-6,8-9H2,1-3H3;9H,4-8H2,1-3H3. The summed E-state index contributed by atoms with van der Waals surface area (Å²) in [6.07, 6.45) is 30.1. The van der Waals surface area contributed by atoms with Crippen LogP contribution in [0.5, 0.6) is 11.6 Å². The van der Waals surface area contributed by atoms with Crippen LogP contribution in [0.1, 0.15) is 425 Å². The largest absolute Gasteiger partial charge is 0.493 e. The average Bonchev–Trinajstić information content (AvgIpc) is 1.44. The molecular weight excluding hydrogens is 1580 g/mol. The molecule has 10 aromatic rings. The fourth-order valence-electron chi connectivity index (χ4n) is 23.4. The second kappa shape index (κ2) is 40.4. The van der Waals surface area contributed by atoms with Crippen LogP contribution in [0.4, 0.5) is 4.39 Å². The number of fused-ring (bicyclic) bond motifs is 8. The van der Waals surface area contributed by atoms with Gasteiger partial charge in [0.25, 0.3) is 0 Å². The highest BCUT2D eigenvalue weighted by atomic mass is 19.1. The lowest BCUT2D eigenvalue weighted by atomic mass is 9.72.